The fourth-order valence-corrected chi connectivity index (χ4v) is 5.82. The van der Waals surface area contributed by atoms with E-state index in [1.54, 1.807) is 25.1 Å². The second kappa shape index (κ2) is 10.5. The van der Waals surface area contributed by atoms with Crippen LogP contribution in [0.2, 0.25) is 10.0 Å². The van der Waals surface area contributed by atoms with Crippen molar-refractivity contribution in [2.45, 2.75) is 36.7 Å². The summed E-state index contributed by atoms with van der Waals surface area (Å²) >= 11 is 12.3. The molecule has 0 saturated heterocycles. The second-order valence-corrected chi connectivity index (χ2v) is 11.1. The maximum Gasteiger partial charge on any atom is 0.319 e. The van der Waals surface area contributed by atoms with E-state index >= 15 is 0 Å². The summed E-state index contributed by atoms with van der Waals surface area (Å²) in [5.41, 5.74) is 4.03. The Morgan fingerprint density at radius 1 is 1.09 bits per heavy atom. The number of carbonyl (C=O) groups is 1. The molecule has 184 valence electrons. The van der Waals surface area contributed by atoms with Crippen LogP contribution in [0, 0.1) is 0 Å². The zero-order valence-corrected chi connectivity index (χ0v) is 21.5. The number of methoxy groups -OCH3 is 1. The third-order valence-electron chi connectivity index (χ3n) is 5.83. The molecule has 0 aromatic heterocycles. The molecule has 0 fully saturated rings. The van der Waals surface area contributed by atoms with E-state index in [9.17, 15) is 13.2 Å². The van der Waals surface area contributed by atoms with Crippen LogP contribution in [0.3, 0.4) is 0 Å². The first-order valence-electron chi connectivity index (χ1n) is 10.9. The van der Waals surface area contributed by atoms with Crippen LogP contribution in [0.5, 0.6) is 5.75 Å². The number of anilines is 1. The number of hydrogen-bond donors (Lipinski definition) is 3. The average molecular weight is 534 g/mol. The predicted molar refractivity (Wildman–Crippen MR) is 138 cm³/mol. The lowest BCUT2D eigenvalue weighted by molar-refractivity contribution is 0.249. The number of ether oxygens (including phenoxy) is 1. The van der Waals surface area contributed by atoms with Crippen molar-refractivity contribution >= 4 is 44.8 Å². The highest BCUT2D eigenvalue weighted by molar-refractivity contribution is 7.90. The lowest BCUT2D eigenvalue weighted by atomic mass is 10.1. The first-order valence-corrected chi connectivity index (χ1v) is 13.3. The summed E-state index contributed by atoms with van der Waals surface area (Å²) in [4.78, 5) is 12.7. The van der Waals surface area contributed by atoms with Gasteiger partial charge in [0.1, 0.15) is 5.75 Å². The van der Waals surface area contributed by atoms with E-state index in [1.165, 1.54) is 30.9 Å². The van der Waals surface area contributed by atoms with Gasteiger partial charge >= 0.3 is 6.03 Å². The predicted octanol–water partition coefficient (Wildman–Crippen LogP) is 5.46. The molecule has 3 N–H and O–H groups in total. The van der Waals surface area contributed by atoms with Gasteiger partial charge in [0.2, 0.25) is 0 Å². The molecule has 2 amide bonds. The van der Waals surface area contributed by atoms with Gasteiger partial charge < -0.3 is 20.7 Å². The van der Waals surface area contributed by atoms with Crippen molar-refractivity contribution in [1.82, 2.24) is 10.6 Å². The largest absolute Gasteiger partial charge is 0.495 e. The number of rotatable bonds is 7. The summed E-state index contributed by atoms with van der Waals surface area (Å²) in [5, 5.41) is 9.51. The van der Waals surface area contributed by atoms with Crippen molar-refractivity contribution in [1.29, 1.82) is 0 Å². The normalized spacial score (nSPS) is 13.7. The maximum atomic E-state index is 13.1. The number of carbonyl (C=O) groups excluding carboxylic acids is 1. The minimum atomic E-state index is -3.63. The summed E-state index contributed by atoms with van der Waals surface area (Å²) in [7, 11) is -2.21. The third-order valence-corrected chi connectivity index (χ3v) is 8.35. The zero-order chi connectivity index (χ0) is 25.2. The van der Waals surface area contributed by atoms with Gasteiger partial charge in [-0.2, -0.15) is 0 Å². The van der Waals surface area contributed by atoms with Gasteiger partial charge in [-0.05, 0) is 47.4 Å². The number of sulfone groups is 1. The van der Waals surface area contributed by atoms with Crippen LogP contribution >= 0.6 is 23.2 Å². The first-order chi connectivity index (χ1) is 16.7. The minimum Gasteiger partial charge on any atom is -0.495 e. The van der Waals surface area contributed by atoms with Gasteiger partial charge in [0.15, 0.2) is 9.84 Å². The van der Waals surface area contributed by atoms with Gasteiger partial charge in [-0.3, -0.25) is 0 Å². The van der Waals surface area contributed by atoms with Crippen molar-refractivity contribution in [3.63, 3.8) is 0 Å². The van der Waals surface area contributed by atoms with E-state index in [0.717, 1.165) is 24.2 Å². The number of benzene rings is 3. The molecular formula is C25H25Cl2N3O4S. The Labute approximate surface area is 214 Å². The molecule has 1 heterocycles. The monoisotopic (exact) mass is 533 g/mol. The number of urea groups is 1. The molecule has 0 spiro atoms. The minimum absolute atomic E-state index is 0.109. The Bertz CT molecular complexity index is 1380. The average Bonchev–Trinajstić information content (AvgIpc) is 3.28. The molecule has 3 aromatic rings. The Morgan fingerprint density at radius 3 is 2.63 bits per heavy atom. The van der Waals surface area contributed by atoms with Crippen LogP contribution in [0.15, 0.2) is 59.5 Å². The van der Waals surface area contributed by atoms with Crippen LogP contribution < -0.4 is 20.7 Å². The van der Waals surface area contributed by atoms with Crippen molar-refractivity contribution in [3.05, 3.63) is 86.9 Å². The molecule has 1 aliphatic heterocycles. The summed E-state index contributed by atoms with van der Waals surface area (Å²) in [6.45, 7) is 3.31. The van der Waals surface area contributed by atoms with Gasteiger partial charge in [0, 0.05) is 19.2 Å². The molecule has 1 atom stereocenters. The van der Waals surface area contributed by atoms with E-state index in [1.807, 2.05) is 18.2 Å². The molecule has 0 radical (unpaired) electrons. The summed E-state index contributed by atoms with van der Waals surface area (Å²) in [6.07, 6.45) is 0. The molecule has 4 rings (SSSR count). The molecule has 3 aromatic carbocycles. The fraction of sp³-hybridized carbons (Fsp3) is 0.240. The topological polar surface area (TPSA) is 96.5 Å². The van der Waals surface area contributed by atoms with E-state index in [4.69, 9.17) is 27.9 Å². The van der Waals surface area contributed by atoms with Gasteiger partial charge in [0.05, 0.1) is 39.5 Å². The Kier molecular flexibility index (Phi) is 7.56. The van der Waals surface area contributed by atoms with E-state index in [0.29, 0.717) is 21.3 Å². The summed E-state index contributed by atoms with van der Waals surface area (Å²) in [6, 6.07) is 14.4. The van der Waals surface area contributed by atoms with Gasteiger partial charge in [-0.15, -0.1) is 0 Å². The summed E-state index contributed by atoms with van der Waals surface area (Å²) < 4.78 is 31.5. The highest BCUT2D eigenvalue weighted by Crippen LogP contribution is 2.31. The van der Waals surface area contributed by atoms with E-state index in [-0.39, 0.29) is 16.4 Å². The lowest BCUT2D eigenvalue weighted by Crippen LogP contribution is -2.31. The van der Waals surface area contributed by atoms with Gasteiger partial charge in [0.25, 0.3) is 0 Å². The first kappa shape index (κ1) is 25.3. The zero-order valence-electron chi connectivity index (χ0n) is 19.2. The second-order valence-electron chi connectivity index (χ2n) is 8.29. The quantitative estimate of drug-likeness (QED) is 0.374. The maximum absolute atomic E-state index is 13.1. The molecule has 1 aliphatic rings. The smallest absolute Gasteiger partial charge is 0.319 e. The number of halogens is 2. The molecule has 7 nitrogen and oxygen atoms in total. The number of nitrogens with one attached hydrogen (secondary N) is 3. The van der Waals surface area contributed by atoms with E-state index in [2.05, 4.69) is 16.0 Å². The van der Waals surface area contributed by atoms with Gasteiger partial charge in [-0.25, -0.2) is 13.2 Å². The third kappa shape index (κ3) is 5.73. The Balaban J connectivity index is 1.47. The standard InChI is InChI=1S/C25H25Cl2N3O4S/c1-15(20-4-3-5-21(26)24(20)27)29-25(31)30-22-9-8-19(11-23(22)34-2)35(32,33)14-16-6-7-17-12-28-13-18(17)10-16/h3-11,15,28H,12-14H2,1-2H3,(H2,29,30,31). The highest BCUT2D eigenvalue weighted by atomic mass is 35.5. The summed E-state index contributed by atoms with van der Waals surface area (Å²) in [5.74, 6) is 0.0991. The molecule has 0 saturated carbocycles. The van der Waals surface area contributed by atoms with Crippen molar-refractivity contribution in [3.8, 4) is 5.75 Å². The van der Waals surface area contributed by atoms with E-state index < -0.39 is 21.9 Å². The van der Waals surface area contributed by atoms with Crippen LogP contribution in [-0.4, -0.2) is 21.6 Å². The lowest BCUT2D eigenvalue weighted by Gasteiger charge is -2.18. The molecule has 10 heteroatoms. The van der Waals surface area contributed by atoms with Crippen LogP contribution in [0.1, 0.15) is 35.2 Å². The van der Waals surface area contributed by atoms with Crippen LogP contribution in [0.25, 0.3) is 0 Å². The Morgan fingerprint density at radius 2 is 1.86 bits per heavy atom. The Hall–Kier alpha value is -2.78. The molecule has 0 bridgehead atoms. The van der Waals surface area contributed by atoms with Crippen molar-refractivity contribution in [2.75, 3.05) is 12.4 Å². The fourth-order valence-electron chi connectivity index (χ4n) is 4.00. The molecule has 1 unspecified atom stereocenters. The van der Waals surface area contributed by atoms with Crippen molar-refractivity contribution < 1.29 is 17.9 Å². The van der Waals surface area contributed by atoms with Crippen molar-refractivity contribution in [2.24, 2.45) is 0 Å². The van der Waals surface area contributed by atoms with Crippen LogP contribution in [-0.2, 0) is 28.7 Å². The molecule has 0 aliphatic carbocycles. The number of hydrogen-bond acceptors (Lipinski definition) is 5. The highest BCUT2D eigenvalue weighted by Gasteiger charge is 2.21. The number of fused-ring (bicyclic) bond motifs is 1. The van der Waals surface area contributed by atoms with Crippen LogP contribution in [0.4, 0.5) is 10.5 Å². The van der Waals surface area contributed by atoms with Gasteiger partial charge in [-0.1, -0.05) is 53.5 Å². The SMILES string of the molecule is COc1cc(S(=O)(=O)Cc2ccc3c(c2)CNC3)ccc1NC(=O)NC(C)c1cccc(Cl)c1Cl. The molecule has 35 heavy (non-hydrogen) atoms. The number of amides is 2. The molecular weight excluding hydrogens is 509 g/mol.